The molecule has 0 fully saturated rings. The number of anilines is 1. The maximum absolute atomic E-state index is 12.1. The summed E-state index contributed by atoms with van der Waals surface area (Å²) in [6.07, 6.45) is 2.57. The Balaban J connectivity index is 2.42. The number of carbonyl (C=O) groups excluding carboxylic acids is 2. The third-order valence-electron chi connectivity index (χ3n) is 4.20. The first-order chi connectivity index (χ1) is 14.2. The molecular formula is C17H27N6O6S+. The highest BCUT2D eigenvalue weighted by Crippen LogP contribution is 2.28. The molecule has 0 aliphatic carbocycles. The van der Waals surface area contributed by atoms with E-state index < -0.39 is 15.5 Å². The molecule has 0 heterocycles. The molecular weight excluding hydrogens is 416 g/mol. The SMILES string of the molecule is CNC(=O)C(CC[S+](C)CC(=O)NCCNc1ccc([N+](=O)[O-])cc1[N+](=O)[O-])NC. The van der Waals surface area contributed by atoms with E-state index in [0.29, 0.717) is 12.2 Å². The second-order valence-corrected chi connectivity index (χ2v) is 8.63. The lowest BCUT2D eigenvalue weighted by atomic mass is 10.2. The van der Waals surface area contributed by atoms with E-state index in [4.69, 9.17) is 0 Å². The minimum Gasteiger partial charge on any atom is -0.378 e. The fraction of sp³-hybridized carbons (Fsp3) is 0.529. The van der Waals surface area contributed by atoms with Gasteiger partial charge in [-0.1, -0.05) is 0 Å². The molecule has 4 N–H and O–H groups in total. The first-order valence-corrected chi connectivity index (χ1v) is 11.1. The van der Waals surface area contributed by atoms with Gasteiger partial charge in [-0.15, -0.1) is 0 Å². The number of rotatable bonds is 13. The molecule has 0 saturated carbocycles. The van der Waals surface area contributed by atoms with E-state index in [9.17, 15) is 29.8 Å². The average molecular weight is 444 g/mol. The molecule has 1 aromatic carbocycles. The van der Waals surface area contributed by atoms with Gasteiger partial charge in [0.25, 0.3) is 17.3 Å². The number of hydrogen-bond donors (Lipinski definition) is 4. The van der Waals surface area contributed by atoms with Crippen LogP contribution in [0, 0.1) is 20.2 Å². The summed E-state index contributed by atoms with van der Waals surface area (Å²) in [5.74, 6) is 0.800. The Labute approximate surface area is 176 Å². The highest BCUT2D eigenvalue weighted by molar-refractivity contribution is 7.96. The number of carbonyl (C=O) groups is 2. The maximum atomic E-state index is 12.1. The molecule has 2 unspecified atom stereocenters. The normalized spacial score (nSPS) is 12.5. The maximum Gasteiger partial charge on any atom is 0.299 e. The standard InChI is InChI=1S/C17H26N6O6S/c1-18-14(17(25)19-2)6-9-30(3)11-16(24)21-8-7-20-13-5-4-12(22(26)27)10-15(13)23(28)29/h4-5,10,14,18,20H,6-9,11H2,1-3H3,(H-,19,21,24,25)/p+1. The van der Waals surface area contributed by atoms with Gasteiger partial charge in [0.15, 0.2) is 5.75 Å². The Hall–Kier alpha value is -2.93. The zero-order valence-corrected chi connectivity index (χ0v) is 17.9. The van der Waals surface area contributed by atoms with Gasteiger partial charge in [-0.05, 0) is 24.0 Å². The van der Waals surface area contributed by atoms with Gasteiger partial charge >= 0.3 is 0 Å². The van der Waals surface area contributed by atoms with Gasteiger partial charge in [0.05, 0.1) is 28.2 Å². The first-order valence-electron chi connectivity index (χ1n) is 9.11. The summed E-state index contributed by atoms with van der Waals surface area (Å²) in [5.41, 5.74) is -0.629. The van der Waals surface area contributed by atoms with Crippen molar-refractivity contribution in [1.29, 1.82) is 0 Å². The summed E-state index contributed by atoms with van der Waals surface area (Å²) in [7, 11) is 3.08. The van der Waals surface area contributed by atoms with Crippen LogP contribution in [0.3, 0.4) is 0 Å². The van der Waals surface area contributed by atoms with Crippen LogP contribution in [0.5, 0.6) is 0 Å². The Morgan fingerprint density at radius 2 is 1.83 bits per heavy atom. The Kier molecular flexibility index (Phi) is 10.5. The van der Waals surface area contributed by atoms with Crippen molar-refractivity contribution < 1.29 is 19.4 Å². The fourth-order valence-corrected chi connectivity index (χ4v) is 3.91. The summed E-state index contributed by atoms with van der Waals surface area (Å²) >= 11 is 0. The van der Waals surface area contributed by atoms with Crippen LogP contribution in [0.2, 0.25) is 0 Å². The summed E-state index contributed by atoms with van der Waals surface area (Å²) in [6, 6.07) is 3.04. The van der Waals surface area contributed by atoms with E-state index in [2.05, 4.69) is 21.3 Å². The minimum absolute atomic E-state index is 0.0923. The molecule has 0 aromatic heterocycles. The van der Waals surface area contributed by atoms with Crippen molar-refractivity contribution in [2.45, 2.75) is 12.5 Å². The van der Waals surface area contributed by atoms with Crippen molar-refractivity contribution in [3.63, 3.8) is 0 Å². The monoisotopic (exact) mass is 443 g/mol. The lowest BCUT2D eigenvalue weighted by Gasteiger charge is -2.13. The smallest absolute Gasteiger partial charge is 0.299 e. The van der Waals surface area contributed by atoms with Crippen LogP contribution in [0.4, 0.5) is 17.1 Å². The van der Waals surface area contributed by atoms with Gasteiger partial charge in [-0.3, -0.25) is 29.8 Å². The zero-order valence-electron chi connectivity index (χ0n) is 17.1. The van der Waals surface area contributed by atoms with Crippen LogP contribution in [-0.4, -0.2) is 72.6 Å². The average Bonchev–Trinajstić information content (AvgIpc) is 2.71. The zero-order chi connectivity index (χ0) is 22.7. The number of nitrogens with zero attached hydrogens (tertiary/aromatic N) is 2. The molecule has 12 nitrogen and oxygen atoms in total. The predicted octanol–water partition coefficient (Wildman–Crippen LogP) is 0.00330. The largest absolute Gasteiger partial charge is 0.378 e. The molecule has 1 rings (SSSR count). The van der Waals surface area contributed by atoms with Crippen molar-refractivity contribution in [3.8, 4) is 0 Å². The number of benzene rings is 1. The van der Waals surface area contributed by atoms with E-state index in [1.54, 1.807) is 14.1 Å². The van der Waals surface area contributed by atoms with Crippen LogP contribution >= 0.6 is 0 Å². The predicted molar refractivity (Wildman–Crippen MR) is 116 cm³/mol. The lowest BCUT2D eigenvalue weighted by Crippen LogP contribution is -2.42. The number of nitro groups is 2. The van der Waals surface area contributed by atoms with E-state index in [0.717, 1.165) is 11.8 Å². The van der Waals surface area contributed by atoms with Crippen LogP contribution < -0.4 is 21.3 Å². The highest BCUT2D eigenvalue weighted by Gasteiger charge is 2.22. The van der Waals surface area contributed by atoms with E-state index in [1.807, 2.05) is 6.26 Å². The minimum atomic E-state index is -0.702. The van der Waals surface area contributed by atoms with Gasteiger partial charge in [-0.2, -0.15) is 0 Å². The van der Waals surface area contributed by atoms with Crippen molar-refractivity contribution in [3.05, 3.63) is 38.4 Å². The van der Waals surface area contributed by atoms with E-state index in [-0.39, 0.29) is 53.2 Å². The molecule has 2 amide bonds. The van der Waals surface area contributed by atoms with Gasteiger partial charge in [-0.25, -0.2) is 0 Å². The van der Waals surface area contributed by atoms with Gasteiger partial charge in [0, 0.05) is 32.6 Å². The van der Waals surface area contributed by atoms with Gasteiger partial charge < -0.3 is 21.3 Å². The lowest BCUT2D eigenvalue weighted by molar-refractivity contribution is -0.393. The number of amides is 2. The molecule has 0 aliphatic rings. The number of nitrogens with one attached hydrogen (secondary N) is 4. The van der Waals surface area contributed by atoms with Gasteiger partial charge in [0.1, 0.15) is 11.4 Å². The molecule has 2 atom stereocenters. The number of likely N-dealkylation sites (N-methyl/N-ethyl adjacent to an activating group) is 2. The van der Waals surface area contributed by atoms with Crippen molar-refractivity contribution >= 4 is 39.8 Å². The molecule has 0 radical (unpaired) electrons. The molecule has 0 aliphatic heterocycles. The summed E-state index contributed by atoms with van der Waals surface area (Å²) in [4.78, 5) is 44.2. The molecule has 166 valence electrons. The van der Waals surface area contributed by atoms with Crippen molar-refractivity contribution in [1.82, 2.24) is 16.0 Å². The van der Waals surface area contributed by atoms with Crippen LogP contribution in [0.15, 0.2) is 18.2 Å². The molecule has 0 bridgehead atoms. The summed E-state index contributed by atoms with van der Waals surface area (Å²) < 4.78 is 0. The second kappa shape index (κ2) is 12.6. The molecule has 1 aromatic rings. The third-order valence-corrected chi connectivity index (χ3v) is 5.88. The van der Waals surface area contributed by atoms with E-state index >= 15 is 0 Å². The van der Waals surface area contributed by atoms with Crippen LogP contribution in [0.25, 0.3) is 0 Å². The van der Waals surface area contributed by atoms with Gasteiger partial charge in [0.2, 0.25) is 5.91 Å². The Morgan fingerprint density at radius 1 is 1.13 bits per heavy atom. The number of hydrogen-bond acceptors (Lipinski definition) is 8. The van der Waals surface area contributed by atoms with Crippen molar-refractivity contribution in [2.75, 3.05) is 50.3 Å². The van der Waals surface area contributed by atoms with Crippen LogP contribution in [0.1, 0.15) is 6.42 Å². The molecule has 0 spiro atoms. The number of non-ortho nitro benzene ring substituents is 1. The molecule has 30 heavy (non-hydrogen) atoms. The highest BCUT2D eigenvalue weighted by atomic mass is 32.2. The Morgan fingerprint density at radius 3 is 2.40 bits per heavy atom. The van der Waals surface area contributed by atoms with Crippen molar-refractivity contribution in [2.24, 2.45) is 0 Å². The molecule has 13 heteroatoms. The van der Waals surface area contributed by atoms with E-state index in [1.165, 1.54) is 12.1 Å². The van der Waals surface area contributed by atoms with Crippen LogP contribution in [-0.2, 0) is 20.5 Å². The topological polar surface area (TPSA) is 169 Å². The first kappa shape index (κ1) is 25.1. The third kappa shape index (κ3) is 8.21. The summed E-state index contributed by atoms with van der Waals surface area (Å²) in [5, 5.41) is 32.9. The quantitative estimate of drug-likeness (QED) is 0.143. The Bertz CT molecular complexity index is 777. The summed E-state index contributed by atoms with van der Waals surface area (Å²) in [6.45, 7) is 0.460. The fourth-order valence-electron chi connectivity index (χ4n) is 2.58. The second-order valence-electron chi connectivity index (χ2n) is 6.37. The molecule has 0 saturated heterocycles. The number of nitro benzene ring substituents is 2.